The lowest BCUT2D eigenvalue weighted by molar-refractivity contribution is -0.00722. The predicted molar refractivity (Wildman–Crippen MR) is 168 cm³/mol. The summed E-state index contributed by atoms with van der Waals surface area (Å²) in [5.41, 5.74) is 1.66. The number of piperidine rings is 2. The van der Waals surface area contributed by atoms with Gasteiger partial charge in [0.2, 0.25) is 0 Å². The maximum Gasteiger partial charge on any atom is 0.0158 e. The normalized spacial score (nSPS) is 20.4. The Morgan fingerprint density at radius 1 is 0.694 bits per heavy atom. The van der Waals surface area contributed by atoms with Crippen LogP contribution in [0.1, 0.15) is 156 Å². The van der Waals surface area contributed by atoms with Crippen LogP contribution in [0.4, 0.5) is 0 Å². The first kappa shape index (κ1) is 38.1. The van der Waals surface area contributed by atoms with Crippen LogP contribution >= 0.6 is 0 Å². The summed E-state index contributed by atoms with van der Waals surface area (Å²) in [5, 5.41) is 0. The minimum Gasteiger partial charge on any atom is -0.301 e. The van der Waals surface area contributed by atoms with E-state index in [1.54, 1.807) is 0 Å². The lowest BCUT2D eigenvalue weighted by Gasteiger charge is -2.51. The number of hydrogen-bond acceptors (Lipinski definition) is 2. The van der Waals surface area contributed by atoms with Gasteiger partial charge in [-0.1, -0.05) is 96.9 Å². The van der Waals surface area contributed by atoms with Gasteiger partial charge in [-0.3, -0.25) is 4.90 Å². The molecular weight excluding hydrogens is 436 g/mol. The summed E-state index contributed by atoms with van der Waals surface area (Å²) < 4.78 is 0. The molecule has 1 atom stereocenters. The van der Waals surface area contributed by atoms with Crippen molar-refractivity contribution in [2.75, 3.05) is 26.2 Å². The van der Waals surface area contributed by atoms with Crippen LogP contribution in [-0.4, -0.2) is 47.6 Å². The highest BCUT2D eigenvalue weighted by Crippen LogP contribution is 2.44. The van der Waals surface area contributed by atoms with Gasteiger partial charge in [-0.15, -0.1) is 0 Å². The van der Waals surface area contributed by atoms with Gasteiger partial charge in [0.1, 0.15) is 0 Å². The number of nitrogens with zero attached hydrogens (tertiary/aromatic N) is 2. The molecule has 2 aliphatic heterocycles. The first-order valence-corrected chi connectivity index (χ1v) is 15.6. The summed E-state index contributed by atoms with van der Waals surface area (Å²) in [5.74, 6) is 1.75. The molecule has 220 valence electrons. The van der Waals surface area contributed by atoms with E-state index in [9.17, 15) is 0 Å². The molecule has 0 amide bonds. The van der Waals surface area contributed by atoms with Crippen molar-refractivity contribution in [3.63, 3.8) is 0 Å². The van der Waals surface area contributed by atoms with Crippen LogP contribution in [0.25, 0.3) is 0 Å². The van der Waals surface area contributed by atoms with Gasteiger partial charge in [0.25, 0.3) is 0 Å². The monoisotopic (exact) mass is 511 g/mol. The molecule has 0 aromatic heterocycles. The maximum atomic E-state index is 2.82. The molecule has 0 aliphatic carbocycles. The first-order valence-electron chi connectivity index (χ1n) is 15.6. The third-order valence-electron chi connectivity index (χ3n) is 9.53. The van der Waals surface area contributed by atoms with E-state index in [0.29, 0.717) is 21.8 Å². The summed E-state index contributed by atoms with van der Waals surface area (Å²) in [6.07, 6.45) is 9.44. The smallest absolute Gasteiger partial charge is 0.0158 e. The minimum absolute atomic E-state index is 0. The topological polar surface area (TPSA) is 6.48 Å². The van der Waals surface area contributed by atoms with Crippen molar-refractivity contribution in [2.45, 2.75) is 168 Å². The minimum atomic E-state index is 0. The fourth-order valence-corrected chi connectivity index (χ4v) is 6.92. The molecule has 0 N–H and O–H groups in total. The Labute approximate surface area is 231 Å². The van der Waals surface area contributed by atoms with Crippen LogP contribution < -0.4 is 0 Å². The fourth-order valence-electron chi connectivity index (χ4n) is 6.92. The molecule has 2 heterocycles. The molecule has 2 fully saturated rings. The molecule has 0 spiro atoms. The second kappa shape index (κ2) is 16.1. The van der Waals surface area contributed by atoms with E-state index in [-0.39, 0.29) is 7.43 Å². The molecule has 1 unspecified atom stereocenters. The van der Waals surface area contributed by atoms with Gasteiger partial charge < -0.3 is 4.90 Å². The molecule has 0 bridgehead atoms. The van der Waals surface area contributed by atoms with Crippen molar-refractivity contribution < 1.29 is 0 Å². The van der Waals surface area contributed by atoms with E-state index in [0.717, 1.165) is 17.9 Å². The van der Waals surface area contributed by atoms with E-state index in [2.05, 4.69) is 86.0 Å². The zero-order valence-corrected chi connectivity index (χ0v) is 27.4. The van der Waals surface area contributed by atoms with Gasteiger partial charge in [0.05, 0.1) is 0 Å². The number of rotatable bonds is 8. The third kappa shape index (κ3) is 11.8. The zero-order chi connectivity index (χ0) is 27.7. The van der Waals surface area contributed by atoms with Crippen LogP contribution in [0.2, 0.25) is 0 Å². The van der Waals surface area contributed by atoms with Gasteiger partial charge in [-0.25, -0.2) is 0 Å². The highest BCUT2D eigenvalue weighted by Gasteiger charge is 2.41. The Kier molecular flexibility index (Phi) is 17.0. The molecule has 2 nitrogen and oxygen atoms in total. The molecular formula is C34H74N2. The van der Waals surface area contributed by atoms with Crippen molar-refractivity contribution in [3.05, 3.63) is 0 Å². The quantitative estimate of drug-likeness (QED) is 0.320. The molecule has 2 aliphatic rings. The maximum absolute atomic E-state index is 2.82. The van der Waals surface area contributed by atoms with Crippen LogP contribution in [-0.2, 0) is 0 Å². The van der Waals surface area contributed by atoms with Crippen LogP contribution in [0.3, 0.4) is 0 Å². The lowest BCUT2D eigenvalue weighted by Crippen LogP contribution is -2.52. The summed E-state index contributed by atoms with van der Waals surface area (Å²) in [7, 11) is 0. The van der Waals surface area contributed by atoms with Crippen LogP contribution in [0.15, 0.2) is 0 Å². The summed E-state index contributed by atoms with van der Waals surface area (Å²) in [6, 6.07) is 0.722. The average molecular weight is 511 g/mol. The van der Waals surface area contributed by atoms with Crippen molar-refractivity contribution in [1.82, 2.24) is 9.80 Å². The summed E-state index contributed by atoms with van der Waals surface area (Å²) >= 11 is 0. The molecule has 36 heavy (non-hydrogen) atoms. The molecule has 2 saturated heterocycles. The highest BCUT2D eigenvalue weighted by atomic mass is 15.2. The van der Waals surface area contributed by atoms with E-state index < -0.39 is 0 Å². The molecule has 0 saturated carbocycles. The first-order chi connectivity index (χ1) is 16.1. The molecule has 2 heteroatoms. The standard InChI is InChI=1S/C29H58N2.2C2H6.CH4/c1-12-27(6,7)21-23(2)30-17-13-25(14-18-30)28(8,9)22-29(10,11)31-19-15-24(16-20-31)26(3,4)5;2*1-2;/h23-25H,12-22H2,1-11H3;2*1-2H3;1H4. The van der Waals surface area contributed by atoms with Crippen molar-refractivity contribution >= 4 is 0 Å². The SMILES string of the molecule is C.CC.CC.CCC(C)(C)CC(C)N1CCC(C(C)(C)CC(C)(C)N2CCC(C(C)(C)C)CC2)CC1. The zero-order valence-electron chi connectivity index (χ0n) is 27.4. The predicted octanol–water partition coefficient (Wildman–Crippen LogP) is 10.6. The van der Waals surface area contributed by atoms with Gasteiger partial charge in [-0.05, 0) is 114 Å². The fraction of sp³-hybridized carbons (Fsp3) is 1.00. The van der Waals surface area contributed by atoms with Gasteiger partial charge in [0, 0.05) is 11.6 Å². The van der Waals surface area contributed by atoms with Crippen LogP contribution in [0, 0.1) is 28.1 Å². The van der Waals surface area contributed by atoms with Crippen molar-refractivity contribution in [2.24, 2.45) is 28.1 Å². The Morgan fingerprint density at radius 3 is 1.50 bits per heavy atom. The van der Waals surface area contributed by atoms with E-state index >= 15 is 0 Å². The second-order valence-corrected chi connectivity index (χ2v) is 14.5. The van der Waals surface area contributed by atoms with Gasteiger partial charge in [0.15, 0.2) is 0 Å². The summed E-state index contributed by atoms with van der Waals surface area (Å²) in [4.78, 5) is 5.60. The molecule has 0 radical (unpaired) electrons. The second-order valence-electron chi connectivity index (χ2n) is 14.5. The number of likely N-dealkylation sites (tertiary alicyclic amines) is 2. The Morgan fingerprint density at radius 2 is 1.11 bits per heavy atom. The molecule has 0 aromatic rings. The largest absolute Gasteiger partial charge is 0.301 e. The molecule has 2 rings (SSSR count). The van der Waals surface area contributed by atoms with Crippen molar-refractivity contribution in [1.29, 1.82) is 0 Å². The highest BCUT2D eigenvalue weighted by molar-refractivity contribution is 4.95. The Bertz CT molecular complexity index is 538. The van der Waals surface area contributed by atoms with Crippen LogP contribution in [0.5, 0.6) is 0 Å². The third-order valence-corrected chi connectivity index (χ3v) is 9.53. The Balaban J connectivity index is 0. The van der Waals surface area contributed by atoms with Crippen molar-refractivity contribution in [3.8, 4) is 0 Å². The van der Waals surface area contributed by atoms with E-state index in [4.69, 9.17) is 0 Å². The average Bonchev–Trinajstić information content (AvgIpc) is 2.80. The number of hydrogen-bond donors (Lipinski definition) is 0. The summed E-state index contributed by atoms with van der Waals surface area (Å²) in [6.45, 7) is 40.3. The van der Waals surface area contributed by atoms with Gasteiger partial charge >= 0.3 is 0 Å². The lowest BCUT2D eigenvalue weighted by atomic mass is 9.66. The Hall–Kier alpha value is -0.0800. The van der Waals surface area contributed by atoms with E-state index in [1.807, 2.05) is 27.7 Å². The molecule has 0 aromatic carbocycles. The van der Waals surface area contributed by atoms with E-state index in [1.165, 1.54) is 71.1 Å². The van der Waals surface area contributed by atoms with Gasteiger partial charge in [-0.2, -0.15) is 0 Å².